The molecule has 0 radical (unpaired) electrons. The summed E-state index contributed by atoms with van der Waals surface area (Å²) in [5.41, 5.74) is 0.125. The van der Waals surface area contributed by atoms with Gasteiger partial charge in [0, 0.05) is 25.7 Å². The van der Waals surface area contributed by atoms with E-state index in [1.807, 2.05) is 4.90 Å². The summed E-state index contributed by atoms with van der Waals surface area (Å²) in [6.45, 7) is 4.14. The second-order valence-corrected chi connectivity index (χ2v) is 5.06. The molecule has 1 aliphatic rings. The lowest BCUT2D eigenvalue weighted by atomic mass is 9.99. The Labute approximate surface area is 112 Å². The van der Waals surface area contributed by atoms with Crippen LogP contribution in [0.4, 0.5) is 0 Å². The zero-order chi connectivity index (χ0) is 13.8. The van der Waals surface area contributed by atoms with Crippen LogP contribution in [0.15, 0.2) is 12.3 Å². The molecule has 0 unspecified atom stereocenters. The van der Waals surface area contributed by atoms with Crippen LogP contribution in [-0.4, -0.2) is 44.8 Å². The molecule has 2 heterocycles. The lowest BCUT2D eigenvalue weighted by molar-refractivity contribution is -0.132. The molecule has 0 atom stereocenters. The first-order valence-electron chi connectivity index (χ1n) is 6.61. The zero-order valence-corrected chi connectivity index (χ0v) is 11.1. The molecule has 1 N–H and O–H groups in total. The highest BCUT2D eigenvalue weighted by atomic mass is 16.4. The molecule has 6 heteroatoms. The number of carboxylic acids is 1. The summed E-state index contributed by atoms with van der Waals surface area (Å²) in [7, 11) is 0. The second kappa shape index (κ2) is 5.86. The van der Waals surface area contributed by atoms with Crippen molar-refractivity contribution in [2.45, 2.75) is 32.7 Å². The number of amides is 1. The van der Waals surface area contributed by atoms with Crippen LogP contribution in [0.1, 0.15) is 36.7 Å². The van der Waals surface area contributed by atoms with Gasteiger partial charge in [-0.25, -0.2) is 4.79 Å². The van der Waals surface area contributed by atoms with Crippen LogP contribution < -0.4 is 0 Å². The summed E-state index contributed by atoms with van der Waals surface area (Å²) in [6, 6.07) is 1.44. The summed E-state index contributed by atoms with van der Waals surface area (Å²) in [4.78, 5) is 24.8. The van der Waals surface area contributed by atoms with Gasteiger partial charge in [-0.1, -0.05) is 6.92 Å². The van der Waals surface area contributed by atoms with E-state index in [0.29, 0.717) is 18.9 Å². The third-order valence-corrected chi connectivity index (χ3v) is 3.61. The van der Waals surface area contributed by atoms with E-state index in [4.69, 9.17) is 5.11 Å². The third-order valence-electron chi connectivity index (χ3n) is 3.61. The maximum Gasteiger partial charge on any atom is 0.354 e. The fraction of sp³-hybridized carbons (Fsp3) is 0.615. The van der Waals surface area contributed by atoms with Crippen molar-refractivity contribution in [1.82, 2.24) is 14.7 Å². The number of carboxylic acid groups (broad SMARTS) is 1. The minimum atomic E-state index is -1.02. The number of piperidine rings is 1. The van der Waals surface area contributed by atoms with Crippen molar-refractivity contribution in [2.24, 2.45) is 5.92 Å². The number of carbonyl (C=O) groups is 2. The van der Waals surface area contributed by atoms with Crippen molar-refractivity contribution in [2.75, 3.05) is 13.1 Å². The Bertz CT molecular complexity index is 461. The fourth-order valence-electron chi connectivity index (χ4n) is 2.31. The normalized spacial score (nSPS) is 16.6. The van der Waals surface area contributed by atoms with Crippen LogP contribution in [0.5, 0.6) is 0 Å². The van der Waals surface area contributed by atoms with Crippen LogP contribution >= 0.6 is 0 Å². The lowest BCUT2D eigenvalue weighted by Crippen LogP contribution is -2.38. The molecular formula is C13H19N3O3. The molecule has 0 spiro atoms. The molecule has 0 aliphatic carbocycles. The lowest BCUT2D eigenvalue weighted by Gasteiger charge is -2.30. The van der Waals surface area contributed by atoms with Gasteiger partial charge >= 0.3 is 5.97 Å². The first kappa shape index (κ1) is 13.6. The molecule has 2 rings (SSSR count). The Hall–Kier alpha value is -1.85. The van der Waals surface area contributed by atoms with Gasteiger partial charge in [-0.15, -0.1) is 0 Å². The summed E-state index contributed by atoms with van der Waals surface area (Å²) < 4.78 is 1.37. The minimum Gasteiger partial charge on any atom is -0.477 e. The third kappa shape index (κ3) is 3.33. The number of rotatable bonds is 4. The van der Waals surface area contributed by atoms with Gasteiger partial charge in [0.15, 0.2) is 0 Å². The van der Waals surface area contributed by atoms with Crippen LogP contribution in [0, 0.1) is 5.92 Å². The molecule has 0 saturated carbocycles. The topological polar surface area (TPSA) is 75.4 Å². The molecule has 1 aromatic rings. The van der Waals surface area contributed by atoms with Crippen molar-refractivity contribution in [3.8, 4) is 0 Å². The summed E-state index contributed by atoms with van der Waals surface area (Å²) in [5, 5.41) is 12.9. The number of aromatic nitrogens is 2. The van der Waals surface area contributed by atoms with Gasteiger partial charge in [-0.3, -0.25) is 9.48 Å². The van der Waals surface area contributed by atoms with Crippen LogP contribution in [0.3, 0.4) is 0 Å². The van der Waals surface area contributed by atoms with Crippen LogP contribution in [0.25, 0.3) is 0 Å². The van der Waals surface area contributed by atoms with Gasteiger partial charge < -0.3 is 10.0 Å². The van der Waals surface area contributed by atoms with E-state index in [9.17, 15) is 9.59 Å². The standard InChI is InChI=1S/C13H19N3O3/c1-10-3-7-15(8-4-10)12(17)5-9-16-11(13(18)19)2-6-14-16/h2,6,10H,3-5,7-9H2,1H3,(H,18,19). The molecule has 1 fully saturated rings. The SMILES string of the molecule is CC1CCN(C(=O)CCn2nccc2C(=O)O)CC1. The van der Waals surface area contributed by atoms with E-state index in [0.717, 1.165) is 25.9 Å². The Morgan fingerprint density at radius 3 is 2.74 bits per heavy atom. The average molecular weight is 265 g/mol. The number of likely N-dealkylation sites (tertiary alicyclic amines) is 1. The van der Waals surface area contributed by atoms with E-state index < -0.39 is 5.97 Å². The number of hydrogen-bond acceptors (Lipinski definition) is 3. The fourth-order valence-corrected chi connectivity index (χ4v) is 2.31. The second-order valence-electron chi connectivity index (χ2n) is 5.06. The molecule has 19 heavy (non-hydrogen) atoms. The van der Waals surface area contributed by atoms with Gasteiger partial charge in [0.05, 0.1) is 6.54 Å². The minimum absolute atomic E-state index is 0.0822. The van der Waals surface area contributed by atoms with Crippen molar-refractivity contribution < 1.29 is 14.7 Å². The molecular weight excluding hydrogens is 246 g/mol. The highest BCUT2D eigenvalue weighted by molar-refractivity contribution is 5.85. The van der Waals surface area contributed by atoms with Gasteiger partial charge in [-0.2, -0.15) is 5.10 Å². The van der Waals surface area contributed by atoms with E-state index in [2.05, 4.69) is 12.0 Å². The molecule has 1 aromatic heterocycles. The molecule has 6 nitrogen and oxygen atoms in total. The Balaban J connectivity index is 1.86. The van der Waals surface area contributed by atoms with Gasteiger partial charge in [0.1, 0.15) is 5.69 Å². The number of carbonyl (C=O) groups excluding carboxylic acids is 1. The molecule has 0 aromatic carbocycles. The van der Waals surface area contributed by atoms with Gasteiger partial charge in [0.2, 0.25) is 5.91 Å². The summed E-state index contributed by atoms with van der Waals surface area (Å²) in [5.74, 6) is -0.246. The highest BCUT2D eigenvalue weighted by Gasteiger charge is 2.20. The molecule has 1 aliphatic heterocycles. The number of aryl methyl sites for hydroxylation is 1. The average Bonchev–Trinajstić information content (AvgIpc) is 2.85. The Kier molecular flexibility index (Phi) is 4.19. The quantitative estimate of drug-likeness (QED) is 0.888. The maximum atomic E-state index is 12.0. The van der Waals surface area contributed by atoms with E-state index in [1.165, 1.54) is 16.9 Å². The van der Waals surface area contributed by atoms with Gasteiger partial charge in [0.25, 0.3) is 0 Å². The van der Waals surface area contributed by atoms with Gasteiger partial charge in [-0.05, 0) is 24.8 Å². The smallest absolute Gasteiger partial charge is 0.354 e. The van der Waals surface area contributed by atoms with E-state index in [1.54, 1.807) is 0 Å². The number of hydrogen-bond donors (Lipinski definition) is 1. The first-order valence-corrected chi connectivity index (χ1v) is 6.61. The molecule has 1 saturated heterocycles. The van der Waals surface area contributed by atoms with Crippen LogP contribution in [0.2, 0.25) is 0 Å². The Morgan fingerprint density at radius 1 is 1.42 bits per heavy atom. The summed E-state index contributed by atoms with van der Waals surface area (Å²) in [6.07, 6.45) is 3.84. The number of aromatic carboxylic acids is 1. The molecule has 104 valence electrons. The molecule has 1 amide bonds. The van der Waals surface area contributed by atoms with Crippen LogP contribution in [-0.2, 0) is 11.3 Å². The largest absolute Gasteiger partial charge is 0.477 e. The Morgan fingerprint density at radius 2 is 2.11 bits per heavy atom. The van der Waals surface area contributed by atoms with E-state index >= 15 is 0 Å². The highest BCUT2D eigenvalue weighted by Crippen LogP contribution is 2.16. The number of nitrogens with zero attached hydrogens (tertiary/aromatic N) is 3. The predicted octanol–water partition coefficient (Wildman–Crippen LogP) is 1.23. The first-order chi connectivity index (χ1) is 9.08. The monoisotopic (exact) mass is 265 g/mol. The summed E-state index contributed by atoms with van der Waals surface area (Å²) >= 11 is 0. The van der Waals surface area contributed by atoms with Crippen molar-refractivity contribution >= 4 is 11.9 Å². The molecule has 0 bridgehead atoms. The van der Waals surface area contributed by atoms with Crippen molar-refractivity contribution in [3.63, 3.8) is 0 Å². The zero-order valence-electron chi connectivity index (χ0n) is 11.1. The maximum absolute atomic E-state index is 12.0. The predicted molar refractivity (Wildman–Crippen MR) is 68.8 cm³/mol. The van der Waals surface area contributed by atoms with E-state index in [-0.39, 0.29) is 11.6 Å². The van der Waals surface area contributed by atoms with Crippen molar-refractivity contribution in [1.29, 1.82) is 0 Å². The van der Waals surface area contributed by atoms with Crippen molar-refractivity contribution in [3.05, 3.63) is 18.0 Å².